The zero-order chi connectivity index (χ0) is 15.2. The summed E-state index contributed by atoms with van der Waals surface area (Å²) in [4.78, 5) is 25.4. The smallest absolute Gasteiger partial charge is 0.240 e. The summed E-state index contributed by atoms with van der Waals surface area (Å²) in [7, 11) is 0. The Hall–Kier alpha value is -1.59. The molecule has 1 aliphatic heterocycles. The van der Waals surface area contributed by atoms with E-state index in [9.17, 15) is 9.59 Å². The third kappa shape index (κ3) is 4.19. The second-order valence-corrected chi connectivity index (χ2v) is 5.27. The number of hydrogen-bond acceptors (Lipinski definition) is 3. The molecule has 21 heavy (non-hydrogen) atoms. The van der Waals surface area contributed by atoms with Crippen LogP contribution in [0.15, 0.2) is 18.2 Å². The number of halogens is 1. The monoisotopic (exact) mass is 310 g/mol. The Kier molecular flexibility index (Phi) is 5.59. The van der Waals surface area contributed by atoms with Crippen molar-refractivity contribution < 1.29 is 14.3 Å². The fourth-order valence-electron chi connectivity index (χ4n) is 2.27. The Morgan fingerprint density at radius 2 is 2.29 bits per heavy atom. The third-order valence-electron chi connectivity index (χ3n) is 3.27. The Morgan fingerprint density at radius 3 is 3.05 bits per heavy atom. The van der Waals surface area contributed by atoms with Gasteiger partial charge in [-0.05, 0) is 37.1 Å². The van der Waals surface area contributed by atoms with E-state index in [1.165, 1.54) is 4.90 Å². The maximum absolute atomic E-state index is 12.0. The van der Waals surface area contributed by atoms with Crippen LogP contribution in [-0.2, 0) is 20.7 Å². The fourth-order valence-corrected chi connectivity index (χ4v) is 2.47. The van der Waals surface area contributed by atoms with Crippen molar-refractivity contribution in [1.82, 2.24) is 5.32 Å². The molecule has 0 aliphatic carbocycles. The van der Waals surface area contributed by atoms with Gasteiger partial charge >= 0.3 is 0 Å². The maximum atomic E-state index is 12.0. The number of anilines is 1. The van der Waals surface area contributed by atoms with Gasteiger partial charge < -0.3 is 15.0 Å². The first-order valence-corrected chi connectivity index (χ1v) is 7.43. The van der Waals surface area contributed by atoms with Crippen molar-refractivity contribution in [1.29, 1.82) is 0 Å². The van der Waals surface area contributed by atoms with Crippen molar-refractivity contribution in [2.45, 2.75) is 19.8 Å². The number of fused-ring (bicyclic) bond motifs is 1. The lowest BCUT2D eigenvalue weighted by molar-refractivity contribution is -0.123. The van der Waals surface area contributed by atoms with E-state index >= 15 is 0 Å². The predicted molar refractivity (Wildman–Crippen MR) is 81.6 cm³/mol. The van der Waals surface area contributed by atoms with Crippen LogP contribution in [0.3, 0.4) is 0 Å². The van der Waals surface area contributed by atoms with E-state index in [1.807, 2.05) is 6.92 Å². The van der Waals surface area contributed by atoms with Crippen LogP contribution in [0.1, 0.15) is 18.9 Å². The van der Waals surface area contributed by atoms with E-state index in [0.717, 1.165) is 17.7 Å². The standard InChI is InChI=1S/C15H19ClN2O3/c1-2-21-7-3-6-17-14(19)10-18-13-5-4-12(16)8-11(13)9-15(18)20/h4-5,8H,2-3,6-7,9-10H2,1H3,(H,17,19). The second kappa shape index (κ2) is 7.43. The number of nitrogens with one attached hydrogen (secondary N) is 1. The summed E-state index contributed by atoms with van der Waals surface area (Å²) >= 11 is 5.91. The van der Waals surface area contributed by atoms with Crippen molar-refractivity contribution in [3.63, 3.8) is 0 Å². The Bertz CT molecular complexity index is 534. The Morgan fingerprint density at radius 1 is 1.48 bits per heavy atom. The fraction of sp³-hybridized carbons (Fsp3) is 0.467. The normalized spacial score (nSPS) is 13.4. The number of nitrogens with zero attached hydrogens (tertiary/aromatic N) is 1. The molecule has 6 heteroatoms. The third-order valence-corrected chi connectivity index (χ3v) is 3.50. The lowest BCUT2D eigenvalue weighted by Crippen LogP contribution is -2.39. The van der Waals surface area contributed by atoms with Crippen LogP contribution in [0.5, 0.6) is 0 Å². The maximum Gasteiger partial charge on any atom is 0.240 e. The zero-order valence-electron chi connectivity index (χ0n) is 12.0. The molecule has 1 aliphatic rings. The summed E-state index contributed by atoms with van der Waals surface area (Å²) < 4.78 is 5.20. The number of amides is 2. The minimum atomic E-state index is -0.164. The second-order valence-electron chi connectivity index (χ2n) is 4.83. The van der Waals surface area contributed by atoms with Crippen molar-refractivity contribution in [3.05, 3.63) is 28.8 Å². The molecular formula is C15H19ClN2O3. The van der Waals surface area contributed by atoms with E-state index in [4.69, 9.17) is 16.3 Å². The van der Waals surface area contributed by atoms with Crippen molar-refractivity contribution in [3.8, 4) is 0 Å². The van der Waals surface area contributed by atoms with E-state index in [2.05, 4.69) is 5.32 Å². The van der Waals surface area contributed by atoms with Gasteiger partial charge in [0, 0.05) is 30.5 Å². The minimum absolute atomic E-state index is 0.0438. The zero-order valence-corrected chi connectivity index (χ0v) is 12.8. The average Bonchev–Trinajstić information content (AvgIpc) is 2.74. The van der Waals surface area contributed by atoms with Gasteiger partial charge in [0.15, 0.2) is 0 Å². The number of ether oxygens (including phenoxy) is 1. The number of benzene rings is 1. The molecule has 1 aromatic rings. The topological polar surface area (TPSA) is 58.6 Å². The highest BCUT2D eigenvalue weighted by molar-refractivity contribution is 6.31. The molecule has 0 saturated heterocycles. The molecule has 2 amide bonds. The highest BCUT2D eigenvalue weighted by atomic mass is 35.5. The predicted octanol–water partition coefficient (Wildman–Crippen LogP) is 1.77. The van der Waals surface area contributed by atoms with Crippen LogP contribution in [0, 0.1) is 0 Å². The number of carbonyl (C=O) groups excluding carboxylic acids is 2. The summed E-state index contributed by atoms with van der Waals surface area (Å²) in [6, 6.07) is 5.28. The molecule has 0 atom stereocenters. The Balaban J connectivity index is 1.86. The summed E-state index contributed by atoms with van der Waals surface area (Å²) in [5.41, 5.74) is 1.64. The van der Waals surface area contributed by atoms with Crippen molar-refractivity contribution in [2.24, 2.45) is 0 Å². The molecule has 0 aromatic heterocycles. The van der Waals surface area contributed by atoms with Gasteiger partial charge in [-0.3, -0.25) is 9.59 Å². The van der Waals surface area contributed by atoms with E-state index in [1.54, 1.807) is 18.2 Å². The van der Waals surface area contributed by atoms with Crippen LogP contribution in [0.4, 0.5) is 5.69 Å². The lowest BCUT2D eigenvalue weighted by atomic mass is 10.2. The van der Waals surface area contributed by atoms with Gasteiger partial charge in [0.05, 0.1) is 6.42 Å². The molecule has 0 saturated carbocycles. The van der Waals surface area contributed by atoms with Gasteiger partial charge in [-0.15, -0.1) is 0 Å². The van der Waals surface area contributed by atoms with Gasteiger partial charge in [0.25, 0.3) is 0 Å². The van der Waals surface area contributed by atoms with Crippen LogP contribution in [0.25, 0.3) is 0 Å². The molecule has 0 unspecified atom stereocenters. The van der Waals surface area contributed by atoms with E-state index in [0.29, 0.717) is 31.2 Å². The SMILES string of the molecule is CCOCCCNC(=O)CN1C(=O)Cc2cc(Cl)ccc21. The van der Waals surface area contributed by atoms with Crippen molar-refractivity contribution >= 4 is 29.1 Å². The molecule has 1 aromatic carbocycles. The molecule has 5 nitrogen and oxygen atoms in total. The lowest BCUT2D eigenvalue weighted by Gasteiger charge is -2.17. The quantitative estimate of drug-likeness (QED) is 0.781. The van der Waals surface area contributed by atoms with Crippen LogP contribution < -0.4 is 10.2 Å². The molecule has 1 heterocycles. The summed E-state index contributed by atoms with van der Waals surface area (Å²) in [5.74, 6) is -0.237. The molecule has 0 fully saturated rings. The largest absolute Gasteiger partial charge is 0.382 e. The van der Waals surface area contributed by atoms with Gasteiger partial charge in [-0.1, -0.05) is 11.6 Å². The molecule has 1 N–H and O–H groups in total. The Labute approximate surface area is 129 Å². The van der Waals surface area contributed by atoms with Crippen molar-refractivity contribution in [2.75, 3.05) is 31.2 Å². The highest BCUT2D eigenvalue weighted by Gasteiger charge is 2.28. The molecule has 2 rings (SSSR count). The molecular weight excluding hydrogens is 292 g/mol. The van der Waals surface area contributed by atoms with Crippen LogP contribution >= 0.6 is 11.6 Å². The van der Waals surface area contributed by atoms with Gasteiger partial charge in [-0.2, -0.15) is 0 Å². The van der Waals surface area contributed by atoms with E-state index < -0.39 is 0 Å². The molecule has 0 bridgehead atoms. The van der Waals surface area contributed by atoms with Gasteiger partial charge in [0.2, 0.25) is 11.8 Å². The molecule has 0 radical (unpaired) electrons. The van der Waals surface area contributed by atoms with Crippen LogP contribution in [0.2, 0.25) is 5.02 Å². The van der Waals surface area contributed by atoms with Crippen LogP contribution in [-0.4, -0.2) is 38.1 Å². The number of hydrogen-bond donors (Lipinski definition) is 1. The first-order valence-electron chi connectivity index (χ1n) is 7.05. The highest BCUT2D eigenvalue weighted by Crippen LogP contribution is 2.30. The minimum Gasteiger partial charge on any atom is -0.382 e. The summed E-state index contributed by atoms with van der Waals surface area (Å²) in [5, 5.41) is 3.39. The van der Waals surface area contributed by atoms with Gasteiger partial charge in [-0.25, -0.2) is 0 Å². The van der Waals surface area contributed by atoms with Gasteiger partial charge in [0.1, 0.15) is 6.54 Å². The van der Waals surface area contributed by atoms with E-state index in [-0.39, 0.29) is 18.4 Å². The summed E-state index contributed by atoms with van der Waals surface area (Å²) in [6.07, 6.45) is 1.06. The number of rotatable bonds is 7. The molecule has 114 valence electrons. The molecule has 0 spiro atoms. The first-order chi connectivity index (χ1) is 10.1. The average molecular weight is 311 g/mol. The first kappa shape index (κ1) is 15.8. The number of carbonyl (C=O) groups is 2. The summed E-state index contributed by atoms with van der Waals surface area (Å²) in [6.45, 7) is 3.83.